The van der Waals surface area contributed by atoms with Gasteiger partial charge < -0.3 is 5.11 Å². The standard InChI is InChI=1S/C6H12OS2/c1-5(7)6(2)8-3-4-9-6/h5,7H,3-4H2,1-2H3/t5-/m0/s1. The molecule has 54 valence electrons. The highest BCUT2D eigenvalue weighted by atomic mass is 32.2. The molecule has 1 nitrogen and oxygen atoms in total. The summed E-state index contributed by atoms with van der Waals surface area (Å²) in [5.41, 5.74) is 0. The van der Waals surface area contributed by atoms with Gasteiger partial charge in [0.05, 0.1) is 10.2 Å². The third-order valence-electron chi connectivity index (χ3n) is 1.62. The van der Waals surface area contributed by atoms with Crippen LogP contribution in [0.5, 0.6) is 0 Å². The fourth-order valence-electron chi connectivity index (χ4n) is 0.772. The van der Waals surface area contributed by atoms with Crippen molar-refractivity contribution in [1.82, 2.24) is 0 Å². The van der Waals surface area contributed by atoms with E-state index < -0.39 is 0 Å². The first kappa shape index (κ1) is 7.76. The highest BCUT2D eigenvalue weighted by Crippen LogP contribution is 2.45. The first-order chi connectivity index (χ1) is 4.15. The summed E-state index contributed by atoms with van der Waals surface area (Å²) in [6.45, 7) is 3.98. The van der Waals surface area contributed by atoms with E-state index in [1.807, 2.05) is 30.4 Å². The third kappa shape index (κ3) is 1.57. The maximum Gasteiger partial charge on any atom is 0.0838 e. The normalized spacial score (nSPS) is 28.3. The monoisotopic (exact) mass is 164 g/mol. The van der Waals surface area contributed by atoms with Crippen molar-refractivity contribution in [2.24, 2.45) is 0 Å². The van der Waals surface area contributed by atoms with Crippen LogP contribution in [0.4, 0.5) is 0 Å². The number of aliphatic hydroxyl groups excluding tert-OH is 1. The zero-order valence-electron chi connectivity index (χ0n) is 5.76. The summed E-state index contributed by atoms with van der Waals surface area (Å²) < 4.78 is 0.0833. The molecule has 1 aliphatic rings. The van der Waals surface area contributed by atoms with Gasteiger partial charge in [-0.1, -0.05) is 0 Å². The molecule has 1 rings (SSSR count). The van der Waals surface area contributed by atoms with Crippen molar-refractivity contribution >= 4 is 23.5 Å². The van der Waals surface area contributed by atoms with Crippen molar-refractivity contribution in [3.05, 3.63) is 0 Å². The van der Waals surface area contributed by atoms with Crippen LogP contribution in [0.2, 0.25) is 0 Å². The van der Waals surface area contributed by atoms with E-state index in [9.17, 15) is 5.11 Å². The second-order valence-electron chi connectivity index (χ2n) is 2.39. The van der Waals surface area contributed by atoms with Crippen LogP contribution in [0.3, 0.4) is 0 Å². The zero-order chi connectivity index (χ0) is 6.91. The predicted molar refractivity (Wildman–Crippen MR) is 45.0 cm³/mol. The lowest BCUT2D eigenvalue weighted by molar-refractivity contribution is 0.187. The molecule has 0 bridgehead atoms. The molecule has 0 aromatic rings. The second kappa shape index (κ2) is 2.72. The minimum absolute atomic E-state index is 0.0833. The molecule has 1 N–H and O–H groups in total. The van der Waals surface area contributed by atoms with Crippen molar-refractivity contribution in [2.45, 2.75) is 24.0 Å². The molecule has 0 unspecified atom stereocenters. The van der Waals surface area contributed by atoms with Gasteiger partial charge in [0.25, 0.3) is 0 Å². The minimum atomic E-state index is -0.185. The topological polar surface area (TPSA) is 20.2 Å². The fourth-order valence-corrected chi connectivity index (χ4v) is 3.56. The molecule has 0 aromatic carbocycles. The summed E-state index contributed by atoms with van der Waals surface area (Å²) in [6.07, 6.45) is -0.185. The summed E-state index contributed by atoms with van der Waals surface area (Å²) in [7, 11) is 0. The van der Waals surface area contributed by atoms with E-state index in [1.165, 1.54) is 11.5 Å². The smallest absolute Gasteiger partial charge is 0.0838 e. The van der Waals surface area contributed by atoms with Gasteiger partial charge >= 0.3 is 0 Å². The van der Waals surface area contributed by atoms with Gasteiger partial charge in [0.1, 0.15) is 0 Å². The Morgan fingerprint density at radius 2 is 1.89 bits per heavy atom. The first-order valence-corrected chi connectivity index (χ1v) is 5.08. The van der Waals surface area contributed by atoms with E-state index in [-0.39, 0.29) is 10.2 Å². The van der Waals surface area contributed by atoms with Crippen LogP contribution in [0, 0.1) is 0 Å². The molecule has 0 radical (unpaired) electrons. The summed E-state index contributed by atoms with van der Waals surface area (Å²) in [5.74, 6) is 2.37. The molecule has 0 spiro atoms. The van der Waals surface area contributed by atoms with E-state index >= 15 is 0 Å². The molecule has 9 heavy (non-hydrogen) atoms. The van der Waals surface area contributed by atoms with Crippen molar-refractivity contribution in [3.8, 4) is 0 Å². The largest absolute Gasteiger partial charge is 0.391 e. The summed E-state index contributed by atoms with van der Waals surface area (Å²) in [4.78, 5) is 0. The third-order valence-corrected chi connectivity index (χ3v) is 5.23. The van der Waals surface area contributed by atoms with Crippen LogP contribution >= 0.6 is 23.5 Å². The lowest BCUT2D eigenvalue weighted by Gasteiger charge is -2.24. The van der Waals surface area contributed by atoms with Crippen LogP contribution < -0.4 is 0 Å². The maximum absolute atomic E-state index is 9.27. The molecule has 1 heterocycles. The molecule has 0 aliphatic carbocycles. The van der Waals surface area contributed by atoms with Crippen molar-refractivity contribution in [1.29, 1.82) is 0 Å². The van der Waals surface area contributed by atoms with Crippen molar-refractivity contribution in [2.75, 3.05) is 11.5 Å². The van der Waals surface area contributed by atoms with Crippen LogP contribution in [0.15, 0.2) is 0 Å². The zero-order valence-corrected chi connectivity index (χ0v) is 7.39. The predicted octanol–water partition coefficient (Wildman–Crippen LogP) is 1.56. The Kier molecular flexibility index (Phi) is 2.35. The summed E-state index contributed by atoms with van der Waals surface area (Å²) in [6, 6.07) is 0. The van der Waals surface area contributed by atoms with Crippen LogP contribution in [-0.2, 0) is 0 Å². The average Bonchev–Trinajstić information content (AvgIpc) is 2.16. The van der Waals surface area contributed by atoms with E-state index in [4.69, 9.17) is 0 Å². The Labute approximate surface area is 64.6 Å². The first-order valence-electron chi connectivity index (χ1n) is 3.11. The van der Waals surface area contributed by atoms with E-state index in [0.717, 1.165) is 0 Å². The molecule has 3 heteroatoms. The maximum atomic E-state index is 9.27. The molecule has 1 fully saturated rings. The van der Waals surface area contributed by atoms with Gasteiger partial charge in [-0.15, -0.1) is 23.5 Å². The Morgan fingerprint density at radius 3 is 2.11 bits per heavy atom. The summed E-state index contributed by atoms with van der Waals surface area (Å²) in [5, 5.41) is 9.27. The highest BCUT2D eigenvalue weighted by molar-refractivity contribution is 8.21. The van der Waals surface area contributed by atoms with Crippen molar-refractivity contribution < 1.29 is 5.11 Å². The number of hydrogen-bond donors (Lipinski definition) is 1. The molecule has 1 atom stereocenters. The Hall–Kier alpha value is 0.660. The highest BCUT2D eigenvalue weighted by Gasteiger charge is 2.34. The van der Waals surface area contributed by atoms with Gasteiger partial charge in [-0.25, -0.2) is 0 Å². The SMILES string of the molecule is C[C@H](O)C1(C)SCCS1. The molecular weight excluding hydrogens is 152 g/mol. The second-order valence-corrected chi connectivity index (χ2v) is 5.74. The van der Waals surface area contributed by atoms with Crippen LogP contribution in [0.25, 0.3) is 0 Å². The van der Waals surface area contributed by atoms with E-state index in [1.54, 1.807) is 0 Å². The molecule has 1 saturated heterocycles. The Bertz CT molecular complexity index is 97.2. The average molecular weight is 164 g/mol. The van der Waals surface area contributed by atoms with Gasteiger partial charge in [0.2, 0.25) is 0 Å². The van der Waals surface area contributed by atoms with Gasteiger partial charge in [0, 0.05) is 11.5 Å². The molecule has 0 aromatic heterocycles. The van der Waals surface area contributed by atoms with E-state index in [2.05, 4.69) is 6.92 Å². The Balaban J connectivity index is 2.51. The fraction of sp³-hybridized carbons (Fsp3) is 1.00. The molecule has 0 saturated carbocycles. The van der Waals surface area contributed by atoms with E-state index in [0.29, 0.717) is 0 Å². The quantitative estimate of drug-likeness (QED) is 0.635. The van der Waals surface area contributed by atoms with Gasteiger partial charge in [0.15, 0.2) is 0 Å². The molecule has 0 amide bonds. The molecule has 1 aliphatic heterocycles. The molecular formula is C6H12OS2. The van der Waals surface area contributed by atoms with Gasteiger partial charge in [-0.05, 0) is 13.8 Å². The number of thioether (sulfide) groups is 2. The lowest BCUT2D eigenvalue weighted by Crippen LogP contribution is -2.27. The van der Waals surface area contributed by atoms with Gasteiger partial charge in [-0.3, -0.25) is 0 Å². The Morgan fingerprint density at radius 1 is 1.44 bits per heavy atom. The number of hydrogen-bond acceptors (Lipinski definition) is 3. The summed E-state index contributed by atoms with van der Waals surface area (Å²) >= 11 is 3.73. The van der Waals surface area contributed by atoms with Crippen LogP contribution in [0.1, 0.15) is 13.8 Å². The number of rotatable bonds is 1. The minimum Gasteiger partial charge on any atom is -0.391 e. The van der Waals surface area contributed by atoms with Gasteiger partial charge in [-0.2, -0.15) is 0 Å². The lowest BCUT2D eigenvalue weighted by atomic mass is 10.3. The number of aliphatic hydroxyl groups is 1. The van der Waals surface area contributed by atoms with Crippen molar-refractivity contribution in [3.63, 3.8) is 0 Å². The van der Waals surface area contributed by atoms with Crippen LogP contribution in [-0.4, -0.2) is 26.8 Å².